The second-order valence-corrected chi connectivity index (χ2v) is 6.75. The van der Waals surface area contributed by atoms with Crippen molar-refractivity contribution in [2.75, 3.05) is 6.54 Å². The second kappa shape index (κ2) is 5.33. The fourth-order valence-corrected chi connectivity index (χ4v) is 2.22. The van der Waals surface area contributed by atoms with Crippen molar-refractivity contribution in [2.24, 2.45) is 11.3 Å². The zero-order chi connectivity index (χ0) is 11.5. The number of nitrogens with one attached hydrogen (secondary N) is 1. The van der Waals surface area contributed by atoms with Crippen molar-refractivity contribution in [1.82, 2.24) is 5.32 Å². The van der Waals surface area contributed by atoms with Gasteiger partial charge in [0.05, 0.1) is 4.34 Å². The van der Waals surface area contributed by atoms with Gasteiger partial charge in [0, 0.05) is 18.0 Å². The topological polar surface area (TPSA) is 12.0 Å². The lowest BCUT2D eigenvalue weighted by molar-refractivity contribution is 0.238. The van der Waals surface area contributed by atoms with Gasteiger partial charge in [0.25, 0.3) is 0 Å². The quantitative estimate of drug-likeness (QED) is 0.821. The van der Waals surface area contributed by atoms with Gasteiger partial charge in [-0.1, -0.05) is 39.3 Å². The van der Waals surface area contributed by atoms with Gasteiger partial charge in [-0.05, 0) is 23.5 Å². The highest BCUT2D eigenvalue weighted by molar-refractivity contribution is 7.16. The van der Waals surface area contributed by atoms with Crippen molar-refractivity contribution >= 4 is 22.9 Å². The fraction of sp³-hybridized carbons (Fsp3) is 0.667. The summed E-state index contributed by atoms with van der Waals surface area (Å²) in [6.45, 7) is 11.1. The molecule has 1 nitrogen and oxygen atoms in total. The Hall–Kier alpha value is -0.0500. The first-order valence-electron chi connectivity index (χ1n) is 5.37. The molecule has 1 aromatic heterocycles. The molecule has 3 heteroatoms. The predicted molar refractivity (Wildman–Crippen MR) is 69.7 cm³/mol. The molecule has 0 saturated carbocycles. The maximum absolute atomic E-state index is 5.87. The Morgan fingerprint density at radius 1 is 1.40 bits per heavy atom. The van der Waals surface area contributed by atoms with E-state index in [9.17, 15) is 0 Å². The van der Waals surface area contributed by atoms with E-state index in [4.69, 9.17) is 11.6 Å². The zero-order valence-electron chi connectivity index (χ0n) is 9.93. The summed E-state index contributed by atoms with van der Waals surface area (Å²) in [5.41, 5.74) is 0.348. The van der Waals surface area contributed by atoms with E-state index in [2.05, 4.69) is 39.1 Å². The van der Waals surface area contributed by atoms with Crippen molar-refractivity contribution in [3.05, 3.63) is 21.3 Å². The summed E-state index contributed by atoms with van der Waals surface area (Å²) in [6.07, 6.45) is 0. The maximum atomic E-state index is 5.87. The summed E-state index contributed by atoms with van der Waals surface area (Å²) in [7, 11) is 0. The predicted octanol–water partition coefficient (Wildman–Crippen LogP) is 4.17. The molecule has 0 fully saturated rings. The van der Waals surface area contributed by atoms with E-state index in [1.165, 1.54) is 4.88 Å². The first-order chi connectivity index (χ1) is 6.92. The summed E-state index contributed by atoms with van der Waals surface area (Å²) in [5.74, 6) is 0.692. The van der Waals surface area contributed by atoms with Gasteiger partial charge in [-0.25, -0.2) is 0 Å². The van der Waals surface area contributed by atoms with Crippen LogP contribution in [0.15, 0.2) is 12.1 Å². The van der Waals surface area contributed by atoms with E-state index in [1.54, 1.807) is 11.3 Å². The third-order valence-corrected chi connectivity index (χ3v) is 4.30. The van der Waals surface area contributed by atoms with E-state index in [0.29, 0.717) is 11.3 Å². The Balaban J connectivity index is 2.33. The minimum absolute atomic E-state index is 0.348. The van der Waals surface area contributed by atoms with Gasteiger partial charge in [0.15, 0.2) is 0 Å². The van der Waals surface area contributed by atoms with Gasteiger partial charge in [-0.2, -0.15) is 0 Å². The number of rotatable bonds is 5. The van der Waals surface area contributed by atoms with Crippen LogP contribution in [0.5, 0.6) is 0 Å². The van der Waals surface area contributed by atoms with Crippen molar-refractivity contribution < 1.29 is 0 Å². The molecule has 1 heterocycles. The SMILES string of the molecule is CC(C)C(C)(C)CNCc1ccc(Cl)s1. The molecular formula is C12H20ClNS. The van der Waals surface area contributed by atoms with Gasteiger partial charge in [-0.15, -0.1) is 11.3 Å². The standard InChI is InChI=1S/C12H20ClNS/c1-9(2)12(3,4)8-14-7-10-5-6-11(13)15-10/h5-6,9,14H,7-8H2,1-4H3. The lowest BCUT2D eigenvalue weighted by Crippen LogP contribution is -2.32. The van der Waals surface area contributed by atoms with Crippen LogP contribution in [0.2, 0.25) is 4.34 Å². The highest BCUT2D eigenvalue weighted by atomic mass is 35.5. The number of hydrogen-bond acceptors (Lipinski definition) is 2. The van der Waals surface area contributed by atoms with Crippen LogP contribution in [0.4, 0.5) is 0 Å². The van der Waals surface area contributed by atoms with Crippen LogP contribution < -0.4 is 5.32 Å². The second-order valence-electron chi connectivity index (χ2n) is 4.95. The minimum Gasteiger partial charge on any atom is -0.311 e. The van der Waals surface area contributed by atoms with Crippen molar-refractivity contribution in [2.45, 2.75) is 34.2 Å². The van der Waals surface area contributed by atoms with Gasteiger partial charge in [0.2, 0.25) is 0 Å². The molecule has 1 N–H and O–H groups in total. The first-order valence-corrected chi connectivity index (χ1v) is 6.56. The van der Waals surface area contributed by atoms with E-state index in [-0.39, 0.29) is 0 Å². The normalized spacial score (nSPS) is 12.4. The number of halogens is 1. The average Bonchev–Trinajstić information content (AvgIpc) is 2.51. The Bertz CT molecular complexity index is 304. The molecule has 86 valence electrons. The Morgan fingerprint density at radius 2 is 2.07 bits per heavy atom. The molecule has 15 heavy (non-hydrogen) atoms. The molecule has 0 aromatic carbocycles. The number of hydrogen-bond donors (Lipinski definition) is 1. The van der Waals surface area contributed by atoms with E-state index in [1.807, 2.05) is 6.07 Å². The van der Waals surface area contributed by atoms with Gasteiger partial charge >= 0.3 is 0 Å². The van der Waals surface area contributed by atoms with Gasteiger partial charge < -0.3 is 5.32 Å². The van der Waals surface area contributed by atoms with E-state index in [0.717, 1.165) is 17.4 Å². The minimum atomic E-state index is 0.348. The Kier molecular flexibility index (Phi) is 4.63. The summed E-state index contributed by atoms with van der Waals surface area (Å²) in [5, 5.41) is 3.49. The molecule has 0 aliphatic heterocycles. The molecule has 0 saturated heterocycles. The summed E-state index contributed by atoms with van der Waals surface area (Å²) in [4.78, 5) is 1.31. The van der Waals surface area contributed by atoms with Crippen LogP contribution in [0, 0.1) is 11.3 Å². The molecule has 1 aromatic rings. The average molecular weight is 246 g/mol. The van der Waals surface area contributed by atoms with Crippen LogP contribution in [0.1, 0.15) is 32.6 Å². The zero-order valence-corrected chi connectivity index (χ0v) is 11.5. The molecule has 0 radical (unpaired) electrons. The monoisotopic (exact) mass is 245 g/mol. The molecule has 0 bridgehead atoms. The third kappa shape index (κ3) is 4.13. The first kappa shape index (κ1) is 13.0. The molecule has 0 atom stereocenters. The van der Waals surface area contributed by atoms with E-state index < -0.39 is 0 Å². The lowest BCUT2D eigenvalue weighted by Gasteiger charge is -2.29. The summed E-state index contributed by atoms with van der Waals surface area (Å²) < 4.78 is 0.870. The van der Waals surface area contributed by atoms with Crippen LogP contribution in [0.25, 0.3) is 0 Å². The highest BCUT2D eigenvalue weighted by Crippen LogP contribution is 2.25. The molecule has 1 rings (SSSR count). The lowest BCUT2D eigenvalue weighted by atomic mass is 9.81. The summed E-state index contributed by atoms with van der Waals surface area (Å²) in [6, 6.07) is 4.04. The Labute approximate surface area is 102 Å². The Morgan fingerprint density at radius 3 is 2.53 bits per heavy atom. The summed E-state index contributed by atoms with van der Waals surface area (Å²) >= 11 is 7.52. The number of thiophene rings is 1. The highest BCUT2D eigenvalue weighted by Gasteiger charge is 2.21. The van der Waals surface area contributed by atoms with Crippen molar-refractivity contribution in [1.29, 1.82) is 0 Å². The molecule has 0 amide bonds. The maximum Gasteiger partial charge on any atom is 0.0931 e. The van der Waals surface area contributed by atoms with Gasteiger partial charge in [0.1, 0.15) is 0 Å². The van der Waals surface area contributed by atoms with Crippen LogP contribution in [-0.2, 0) is 6.54 Å². The van der Waals surface area contributed by atoms with Gasteiger partial charge in [-0.3, -0.25) is 0 Å². The molecular weight excluding hydrogens is 226 g/mol. The smallest absolute Gasteiger partial charge is 0.0931 e. The molecule has 0 spiro atoms. The largest absolute Gasteiger partial charge is 0.311 e. The molecule has 0 aliphatic rings. The third-order valence-electron chi connectivity index (χ3n) is 3.07. The fourth-order valence-electron chi connectivity index (χ4n) is 1.16. The van der Waals surface area contributed by atoms with Crippen LogP contribution in [0.3, 0.4) is 0 Å². The van der Waals surface area contributed by atoms with Crippen molar-refractivity contribution in [3.8, 4) is 0 Å². The van der Waals surface area contributed by atoms with Crippen molar-refractivity contribution in [3.63, 3.8) is 0 Å². The van der Waals surface area contributed by atoms with Crippen LogP contribution >= 0.6 is 22.9 Å². The molecule has 0 unspecified atom stereocenters. The van der Waals surface area contributed by atoms with Crippen LogP contribution in [-0.4, -0.2) is 6.54 Å². The molecule has 0 aliphatic carbocycles. The van der Waals surface area contributed by atoms with E-state index >= 15 is 0 Å².